The van der Waals surface area contributed by atoms with Crippen molar-refractivity contribution in [2.45, 2.75) is 12.5 Å². The maximum absolute atomic E-state index is 13.2. The fraction of sp³-hybridized carbons (Fsp3) is 0.333. The van der Waals surface area contributed by atoms with Crippen LogP contribution < -0.4 is 11.5 Å². The first kappa shape index (κ1) is 12.3. The van der Waals surface area contributed by atoms with Crippen LogP contribution in [0, 0.1) is 15.9 Å². The van der Waals surface area contributed by atoms with E-state index < -0.39 is 28.2 Å². The van der Waals surface area contributed by atoms with Crippen LogP contribution in [-0.2, 0) is 0 Å². The summed E-state index contributed by atoms with van der Waals surface area (Å²) in [6.45, 7) is 0.241. The molecule has 0 spiro atoms. The SMILES string of the molecule is NCC[C@H](N)c1cc([N+](=O)[O-])cc(F)c1O. The zero-order valence-electron chi connectivity index (χ0n) is 8.39. The van der Waals surface area contributed by atoms with Crippen LogP contribution in [0.2, 0.25) is 0 Å². The van der Waals surface area contributed by atoms with Crippen LogP contribution in [0.4, 0.5) is 10.1 Å². The van der Waals surface area contributed by atoms with Gasteiger partial charge in [-0.05, 0) is 13.0 Å². The summed E-state index contributed by atoms with van der Waals surface area (Å²) in [4.78, 5) is 9.74. The molecule has 1 aromatic carbocycles. The van der Waals surface area contributed by atoms with Crippen LogP contribution in [0.3, 0.4) is 0 Å². The molecule has 0 aliphatic carbocycles. The predicted octanol–water partition coefficient (Wildman–Crippen LogP) is 0.788. The fourth-order valence-electron chi connectivity index (χ4n) is 1.33. The lowest BCUT2D eigenvalue weighted by atomic mass is 10.0. The molecule has 1 aromatic rings. The van der Waals surface area contributed by atoms with Crippen molar-refractivity contribution in [3.63, 3.8) is 0 Å². The molecule has 0 saturated carbocycles. The van der Waals surface area contributed by atoms with Crippen LogP contribution in [0.1, 0.15) is 18.0 Å². The van der Waals surface area contributed by atoms with E-state index in [9.17, 15) is 19.6 Å². The highest BCUT2D eigenvalue weighted by molar-refractivity contribution is 5.45. The van der Waals surface area contributed by atoms with E-state index in [-0.39, 0.29) is 12.1 Å². The van der Waals surface area contributed by atoms with Gasteiger partial charge in [0.05, 0.1) is 11.0 Å². The van der Waals surface area contributed by atoms with Gasteiger partial charge in [0.1, 0.15) is 0 Å². The van der Waals surface area contributed by atoms with Gasteiger partial charge in [0.25, 0.3) is 5.69 Å². The molecule has 88 valence electrons. The topological polar surface area (TPSA) is 115 Å². The van der Waals surface area contributed by atoms with Gasteiger partial charge in [-0.1, -0.05) is 0 Å². The third-order valence-corrected chi connectivity index (χ3v) is 2.17. The summed E-state index contributed by atoms with van der Waals surface area (Å²) in [5, 5.41) is 19.9. The Morgan fingerprint density at radius 2 is 2.19 bits per heavy atom. The van der Waals surface area contributed by atoms with Gasteiger partial charge in [-0.2, -0.15) is 0 Å². The summed E-state index contributed by atoms with van der Waals surface area (Å²) in [6, 6.07) is 0.978. The summed E-state index contributed by atoms with van der Waals surface area (Å²) in [5.41, 5.74) is 10.4. The smallest absolute Gasteiger partial charge is 0.272 e. The van der Waals surface area contributed by atoms with Crippen LogP contribution in [0.25, 0.3) is 0 Å². The number of nitrogens with two attached hydrogens (primary N) is 2. The van der Waals surface area contributed by atoms with Crippen molar-refractivity contribution in [3.05, 3.63) is 33.6 Å². The van der Waals surface area contributed by atoms with E-state index >= 15 is 0 Å². The first-order chi connectivity index (χ1) is 7.47. The van der Waals surface area contributed by atoms with Gasteiger partial charge in [0.2, 0.25) is 0 Å². The molecule has 16 heavy (non-hydrogen) atoms. The zero-order chi connectivity index (χ0) is 12.3. The Morgan fingerprint density at radius 3 is 2.69 bits per heavy atom. The minimum atomic E-state index is -1.06. The molecule has 0 fully saturated rings. The molecule has 1 atom stereocenters. The largest absolute Gasteiger partial charge is 0.505 e. The monoisotopic (exact) mass is 229 g/mol. The Labute approximate surface area is 90.8 Å². The van der Waals surface area contributed by atoms with Crippen LogP contribution in [0.15, 0.2) is 12.1 Å². The van der Waals surface area contributed by atoms with Crippen molar-refractivity contribution in [2.75, 3.05) is 6.54 Å². The number of benzene rings is 1. The standard InChI is InChI=1S/C9H12FN3O3/c10-7-4-5(13(15)16)3-6(9(7)14)8(12)1-2-11/h3-4,8,14H,1-2,11-12H2/t8-/m0/s1. The zero-order valence-corrected chi connectivity index (χ0v) is 8.39. The molecule has 0 aliphatic heterocycles. The highest BCUT2D eigenvalue weighted by atomic mass is 19.1. The number of halogens is 1. The maximum Gasteiger partial charge on any atom is 0.272 e. The minimum Gasteiger partial charge on any atom is -0.505 e. The van der Waals surface area contributed by atoms with Crippen molar-refractivity contribution in [3.8, 4) is 5.75 Å². The van der Waals surface area contributed by atoms with E-state index in [2.05, 4.69) is 0 Å². The lowest BCUT2D eigenvalue weighted by Gasteiger charge is -2.12. The molecule has 0 radical (unpaired) electrons. The lowest BCUT2D eigenvalue weighted by Crippen LogP contribution is -2.16. The number of nitro groups is 1. The van der Waals surface area contributed by atoms with Crippen LogP contribution >= 0.6 is 0 Å². The molecule has 0 aliphatic rings. The summed E-state index contributed by atoms with van der Waals surface area (Å²) in [5.74, 6) is -1.72. The average Bonchev–Trinajstić information content (AvgIpc) is 2.21. The Balaban J connectivity index is 3.21. The second-order valence-corrected chi connectivity index (χ2v) is 3.31. The first-order valence-corrected chi connectivity index (χ1v) is 4.59. The number of aromatic hydroxyl groups is 1. The number of nitrogens with zero attached hydrogens (tertiary/aromatic N) is 1. The van der Waals surface area contributed by atoms with Crippen molar-refractivity contribution < 1.29 is 14.4 Å². The highest BCUT2D eigenvalue weighted by Gasteiger charge is 2.19. The molecule has 7 heteroatoms. The minimum absolute atomic E-state index is 0.00264. The van der Waals surface area contributed by atoms with Gasteiger partial charge in [-0.3, -0.25) is 10.1 Å². The number of phenolic OH excluding ortho intramolecular Hbond substituents is 1. The molecule has 0 amide bonds. The predicted molar refractivity (Wildman–Crippen MR) is 55.3 cm³/mol. The number of rotatable bonds is 4. The Hall–Kier alpha value is -1.73. The van der Waals surface area contributed by atoms with Crippen molar-refractivity contribution in [1.82, 2.24) is 0 Å². The molecule has 1 rings (SSSR count). The highest BCUT2D eigenvalue weighted by Crippen LogP contribution is 2.31. The van der Waals surface area contributed by atoms with Gasteiger partial charge in [0.15, 0.2) is 11.6 Å². The third kappa shape index (κ3) is 2.44. The van der Waals surface area contributed by atoms with Gasteiger partial charge in [-0.15, -0.1) is 0 Å². The summed E-state index contributed by atoms with van der Waals surface area (Å²) < 4.78 is 13.2. The molecule has 0 unspecified atom stereocenters. The van der Waals surface area contributed by atoms with Crippen LogP contribution in [0.5, 0.6) is 5.75 Å². The third-order valence-electron chi connectivity index (χ3n) is 2.17. The molecule has 6 nitrogen and oxygen atoms in total. The van der Waals surface area contributed by atoms with E-state index in [0.29, 0.717) is 12.5 Å². The lowest BCUT2D eigenvalue weighted by molar-refractivity contribution is -0.385. The van der Waals surface area contributed by atoms with Gasteiger partial charge in [0, 0.05) is 17.7 Å². The molecule has 5 N–H and O–H groups in total. The summed E-state index contributed by atoms with van der Waals surface area (Å²) in [7, 11) is 0. The maximum atomic E-state index is 13.2. The number of nitro benzene ring substituents is 1. The van der Waals surface area contributed by atoms with E-state index in [1.54, 1.807) is 0 Å². The Morgan fingerprint density at radius 1 is 1.56 bits per heavy atom. The molecule has 0 heterocycles. The van der Waals surface area contributed by atoms with Crippen molar-refractivity contribution in [1.29, 1.82) is 0 Å². The first-order valence-electron chi connectivity index (χ1n) is 4.59. The second-order valence-electron chi connectivity index (χ2n) is 3.31. The van der Waals surface area contributed by atoms with Crippen molar-refractivity contribution in [2.24, 2.45) is 11.5 Å². The molecular formula is C9H12FN3O3. The molecule has 0 aromatic heterocycles. The van der Waals surface area contributed by atoms with Gasteiger partial charge < -0.3 is 16.6 Å². The number of non-ortho nitro benzene ring substituents is 1. The quantitative estimate of drug-likeness (QED) is 0.521. The fourth-order valence-corrected chi connectivity index (χ4v) is 1.33. The Bertz CT molecular complexity index is 411. The number of phenols is 1. The van der Waals surface area contributed by atoms with E-state index in [1.807, 2.05) is 0 Å². The average molecular weight is 229 g/mol. The van der Waals surface area contributed by atoms with E-state index in [4.69, 9.17) is 11.5 Å². The van der Waals surface area contributed by atoms with Crippen molar-refractivity contribution >= 4 is 5.69 Å². The number of hydrogen-bond acceptors (Lipinski definition) is 5. The molecule has 0 bridgehead atoms. The second kappa shape index (κ2) is 4.86. The Kier molecular flexibility index (Phi) is 3.75. The van der Waals surface area contributed by atoms with E-state index in [0.717, 1.165) is 6.07 Å². The van der Waals surface area contributed by atoms with Crippen LogP contribution in [-0.4, -0.2) is 16.6 Å². The normalized spacial score (nSPS) is 12.4. The molecule has 0 saturated heterocycles. The summed E-state index contributed by atoms with van der Waals surface area (Å²) in [6.07, 6.45) is 0.300. The van der Waals surface area contributed by atoms with Gasteiger partial charge in [-0.25, -0.2) is 4.39 Å². The summed E-state index contributed by atoms with van der Waals surface area (Å²) >= 11 is 0. The molecular weight excluding hydrogens is 217 g/mol. The van der Waals surface area contributed by atoms with Gasteiger partial charge >= 0.3 is 0 Å². The number of hydrogen-bond donors (Lipinski definition) is 3. The van der Waals surface area contributed by atoms with E-state index in [1.165, 1.54) is 0 Å².